The van der Waals surface area contributed by atoms with Crippen LogP contribution in [-0.4, -0.2) is 146 Å². The predicted octanol–water partition coefficient (Wildman–Crippen LogP) is 20.2. The van der Waals surface area contributed by atoms with Crippen LogP contribution in [0.1, 0.15) is 105 Å². The van der Waals surface area contributed by atoms with Crippen LogP contribution in [0.4, 0.5) is 35.1 Å². The van der Waals surface area contributed by atoms with Gasteiger partial charge in [-0.1, -0.05) is 184 Å². The number of carbonyl (C=O) groups excluding carboxylic acids is 5. The van der Waals surface area contributed by atoms with Crippen molar-refractivity contribution in [1.29, 1.82) is 0 Å². The molecule has 28 nitrogen and oxygen atoms in total. The van der Waals surface area contributed by atoms with Crippen LogP contribution >= 0.6 is 0 Å². The second-order valence-electron chi connectivity index (χ2n) is 36.9. The third-order valence-electron chi connectivity index (χ3n) is 25.8. The maximum atomic E-state index is 13.9. The van der Waals surface area contributed by atoms with Crippen LogP contribution in [0.15, 0.2) is 354 Å². The molecule has 1 saturated heterocycles. The van der Waals surface area contributed by atoms with E-state index >= 15 is 0 Å². The molecule has 1 aliphatic heterocycles. The van der Waals surface area contributed by atoms with Crippen LogP contribution in [0.25, 0.3) is 12.4 Å². The number of benzene rings is 9. The van der Waals surface area contributed by atoms with Crippen molar-refractivity contribution in [1.82, 2.24) is 0 Å². The lowest BCUT2D eigenvalue weighted by molar-refractivity contribution is -0.202. The van der Waals surface area contributed by atoms with Crippen molar-refractivity contribution in [3.63, 3.8) is 0 Å². The zero-order valence-corrected chi connectivity index (χ0v) is 86.7. The van der Waals surface area contributed by atoms with Crippen LogP contribution in [0.2, 0.25) is 0 Å². The SMILES string of the molecule is C=C(C)C(=O)OC12CC3CC(C1)C(OS(=O)(=O)[N-]S(=O)(=O)C(F)(F)C(=O)OCC)C(C3)C2.C=C(C)C(=O)OC12CC3CC(CC(COS(=O)(=O)[N-]S(=O)(=O)C(F)(F)F)(C3)C1)C2.C=C(C)C(=O)OCC1C2CC3C(OC(=O)C13)C2OS(=O)(=O)[N-]S(=O)(=O)C(F)(F)F.c1ccc([S+](c2ccccc2)c2ccccc2)cc1.c1ccc([S+](c2ccccc2)c2ccccc2)cc1.c1ccc([S+](c2ccccc2)c2ccccc2)cc1. The first kappa shape index (κ1) is 114. The average molecular weight is 2210 g/mol. The molecule has 0 radical (unpaired) electrons. The topological polar surface area (TPSA) is 406 Å². The molecule has 10 saturated carbocycles. The van der Waals surface area contributed by atoms with E-state index in [0.29, 0.717) is 44.9 Å². The Bertz CT molecular complexity index is 6330. The first-order chi connectivity index (χ1) is 69.2. The molecule has 11 fully saturated rings. The molecule has 10 unspecified atom stereocenters. The van der Waals surface area contributed by atoms with Gasteiger partial charge in [0.1, 0.15) is 23.4 Å². The lowest BCUT2D eigenvalue weighted by Gasteiger charge is -2.61. The van der Waals surface area contributed by atoms with Gasteiger partial charge in [-0.15, -0.1) is 0 Å². The van der Waals surface area contributed by atoms with Crippen molar-refractivity contribution >= 4 is 124 Å². The molecule has 788 valence electrons. The fourth-order valence-corrected chi connectivity index (χ4v) is 33.3. The minimum absolute atomic E-state index is 0.0146. The molecule has 0 spiro atoms. The molecule has 9 aromatic rings. The van der Waals surface area contributed by atoms with E-state index in [4.69, 9.17) is 23.1 Å². The summed E-state index contributed by atoms with van der Waals surface area (Å²) in [6.45, 7) is 14.7. The Balaban J connectivity index is 0.000000149. The molecular weight excluding hydrogens is 2110 g/mol. The van der Waals surface area contributed by atoms with E-state index < -0.39 is 191 Å². The van der Waals surface area contributed by atoms with Gasteiger partial charge in [0.15, 0.2) is 74.1 Å². The van der Waals surface area contributed by atoms with Crippen LogP contribution < -0.4 is 0 Å². The Hall–Kier alpha value is -10.5. The zero-order valence-electron chi connectivity index (χ0n) is 79.4. The number of hydrogen-bond donors (Lipinski definition) is 0. The summed E-state index contributed by atoms with van der Waals surface area (Å²) in [6.07, 6.45) is 2.47. The van der Waals surface area contributed by atoms with Gasteiger partial charge >= 0.3 is 46.1 Å². The van der Waals surface area contributed by atoms with Gasteiger partial charge in [-0.2, -0.15) is 35.1 Å². The van der Waals surface area contributed by atoms with Crippen LogP contribution in [0.5, 0.6) is 0 Å². The highest BCUT2D eigenvalue weighted by Crippen LogP contribution is 2.65. The Morgan fingerprint density at radius 2 is 0.701 bits per heavy atom. The molecule has 0 N–H and O–H groups in total. The third-order valence-corrected chi connectivity index (χ3v) is 40.4. The number of ether oxygens (including phenoxy) is 5. The number of esters is 5. The van der Waals surface area contributed by atoms with Crippen molar-refractivity contribution < 1.29 is 146 Å². The predicted molar refractivity (Wildman–Crippen MR) is 530 cm³/mol. The maximum Gasteiger partial charge on any atom is 0.480 e. The van der Waals surface area contributed by atoms with Crippen molar-refractivity contribution in [3.8, 4) is 0 Å². The van der Waals surface area contributed by atoms with Gasteiger partial charge in [0.2, 0.25) is 30.9 Å². The standard InChI is InChI=1S/C18H24F2NO9S2.3C18H15S.C16H21F3NO7S2.C14H15F3NO9S2/c1-4-28-16(23)18(19,20)31(24,25)21-32(26,27)30-14-12-5-11-6-13(14)9-17(7-11,8-12)29-15(22)10(2)3;3*1-4-10-16(11-5-1)19(17-12-6-2-7-13-17)18-14-8-3-9-15-18;1-10(2)13(21)27-15-6-11-3-12(7-15)5-14(4-11,8-15)9-26-29(24,25)20-28(22,23)16(17,18)19;1-5(2)12(19)25-4-8-6-3-7-9(8)13(20)26-10(7)11(6)27-29(23,24)18-28(21,22)14(15,16)17/h11-14H,2,4-9H2,1,3H3;3*1-15H;11-12H,1,3-9H2,2H3;6-11H,1,3-4H2,2H3/q-1;3*+1;2*-1. The van der Waals surface area contributed by atoms with E-state index in [9.17, 15) is 110 Å². The lowest BCUT2D eigenvalue weighted by atomic mass is 9.48. The van der Waals surface area contributed by atoms with Gasteiger partial charge in [0, 0.05) is 28.6 Å². The average Bonchev–Trinajstić information content (AvgIpc) is 1.07. The molecule has 0 amide bonds. The minimum Gasteiger partial charge on any atom is -0.462 e. The minimum atomic E-state index is -6.35. The number of carbonyl (C=O) groups is 5. The van der Waals surface area contributed by atoms with Crippen LogP contribution in [-0.2, 0) is 154 Å². The van der Waals surface area contributed by atoms with Crippen LogP contribution in [0.3, 0.4) is 0 Å². The molecule has 0 aromatic heterocycles. The summed E-state index contributed by atoms with van der Waals surface area (Å²) in [4.78, 5) is 71.3. The number of nitrogens with zero attached hydrogens (tertiary/aromatic N) is 3. The molecular formula is C102H105F8N3O25S9. The fraction of sp³-hybridized carbons (Fsp3) is 0.363. The summed E-state index contributed by atoms with van der Waals surface area (Å²) in [5, 5.41) is -5.19. The van der Waals surface area contributed by atoms with Gasteiger partial charge in [-0.3, -0.25) is 17.3 Å². The Labute approximate surface area is 857 Å². The molecule has 10 bridgehead atoms. The fourth-order valence-electron chi connectivity index (χ4n) is 20.8. The highest BCUT2D eigenvalue weighted by atomic mass is 32.3. The van der Waals surface area contributed by atoms with Gasteiger partial charge in [-0.25, -0.2) is 69.7 Å². The Morgan fingerprint density at radius 3 is 1.03 bits per heavy atom. The summed E-state index contributed by atoms with van der Waals surface area (Å²) in [6, 6.07) is 96.5. The van der Waals surface area contributed by atoms with Crippen molar-refractivity contribution in [2.75, 3.05) is 19.8 Å². The number of halogens is 8. The lowest BCUT2D eigenvalue weighted by Crippen LogP contribution is -2.59. The van der Waals surface area contributed by atoms with E-state index in [0.717, 1.165) is 6.42 Å². The second-order valence-corrected chi connectivity index (χ2v) is 52.2. The molecule has 11 aliphatic rings. The van der Waals surface area contributed by atoms with Gasteiger partial charge in [0.25, 0.3) is 0 Å². The Morgan fingerprint density at radius 1 is 0.388 bits per heavy atom. The quantitative estimate of drug-likeness (QED) is 0.0124. The largest absolute Gasteiger partial charge is 0.480 e. The number of hydrogen-bond acceptors (Lipinski definition) is 25. The van der Waals surface area contributed by atoms with Gasteiger partial charge in [-0.05, 0) is 255 Å². The van der Waals surface area contributed by atoms with Gasteiger partial charge < -0.3 is 36.1 Å². The van der Waals surface area contributed by atoms with E-state index in [2.05, 4.69) is 310 Å². The zero-order chi connectivity index (χ0) is 107. The number of rotatable bonds is 32. The summed E-state index contributed by atoms with van der Waals surface area (Å²) in [7, 11) is -35.0. The number of alkyl halides is 8. The molecule has 147 heavy (non-hydrogen) atoms. The molecule has 20 rings (SSSR count). The molecule has 9 aromatic carbocycles. The highest BCUT2D eigenvalue weighted by molar-refractivity contribution is 8.12. The smallest absolute Gasteiger partial charge is 0.462 e. The van der Waals surface area contributed by atoms with E-state index in [1.165, 1.54) is 71.8 Å². The van der Waals surface area contributed by atoms with E-state index in [-0.39, 0.29) is 99.4 Å². The summed E-state index contributed by atoms with van der Waals surface area (Å²) >= 11 is 0. The van der Waals surface area contributed by atoms with E-state index in [1.807, 2.05) is 8.25 Å². The third kappa shape index (κ3) is 28.2. The monoisotopic (exact) mass is 2210 g/mol. The first-order valence-electron chi connectivity index (χ1n) is 46.1. The normalized spacial score (nSPS) is 24.4. The summed E-state index contributed by atoms with van der Waals surface area (Å²) in [5.74, 6) is -7.97. The molecule has 10 aliphatic carbocycles. The summed E-state index contributed by atoms with van der Waals surface area (Å²) in [5.41, 5.74) is -13.6. The highest BCUT2D eigenvalue weighted by Gasteiger charge is 2.69. The van der Waals surface area contributed by atoms with Crippen molar-refractivity contribution in [2.45, 2.75) is 195 Å². The van der Waals surface area contributed by atoms with Crippen molar-refractivity contribution in [2.24, 2.45) is 58.7 Å². The summed E-state index contributed by atoms with van der Waals surface area (Å²) < 4.78 is 287. The van der Waals surface area contributed by atoms with Crippen LogP contribution in [0, 0.1) is 58.7 Å². The molecule has 10 atom stereocenters. The first-order valence-corrected chi connectivity index (χ1v) is 58.2. The van der Waals surface area contributed by atoms with E-state index in [1.54, 1.807) is 0 Å². The number of sulfonamides is 3. The van der Waals surface area contributed by atoms with Crippen molar-refractivity contribution in [3.05, 3.63) is 322 Å². The maximum absolute atomic E-state index is 13.9. The second kappa shape index (κ2) is 46.9. The van der Waals surface area contributed by atoms with Gasteiger partial charge in [0.05, 0.1) is 64.5 Å². The molecule has 1 heterocycles. The Kier molecular flexibility index (Phi) is 36.3. The molecule has 45 heteroatoms. The number of fused-ring (bicyclic) bond motifs is 1.